The first-order valence-electron chi connectivity index (χ1n) is 7.89. The van der Waals surface area contributed by atoms with E-state index >= 15 is 0 Å². The van der Waals surface area contributed by atoms with Gasteiger partial charge in [0.1, 0.15) is 6.04 Å². The number of amides is 1. The van der Waals surface area contributed by atoms with Crippen LogP contribution in [0.1, 0.15) is 38.3 Å². The summed E-state index contributed by atoms with van der Waals surface area (Å²) in [4.78, 5) is 14.6. The zero-order valence-corrected chi connectivity index (χ0v) is 13.1. The van der Waals surface area contributed by atoms with Gasteiger partial charge < -0.3 is 16.0 Å². The molecule has 0 saturated carbocycles. The topological polar surface area (TPSA) is 58.4 Å². The van der Waals surface area contributed by atoms with E-state index in [1.807, 2.05) is 30.3 Å². The van der Waals surface area contributed by atoms with Crippen molar-refractivity contribution in [2.45, 2.75) is 38.8 Å². The van der Waals surface area contributed by atoms with Gasteiger partial charge in [-0.1, -0.05) is 37.3 Å². The Morgan fingerprint density at radius 3 is 2.81 bits per heavy atom. The van der Waals surface area contributed by atoms with Gasteiger partial charge in [-0.2, -0.15) is 0 Å². The Kier molecular flexibility index (Phi) is 5.76. The first-order chi connectivity index (χ1) is 10.1. The second-order valence-corrected chi connectivity index (χ2v) is 6.30. The molecule has 21 heavy (non-hydrogen) atoms. The van der Waals surface area contributed by atoms with Crippen molar-refractivity contribution in [1.82, 2.24) is 10.2 Å². The van der Waals surface area contributed by atoms with Crippen molar-refractivity contribution < 1.29 is 4.79 Å². The normalized spacial score (nSPS) is 22.5. The smallest absolute Gasteiger partial charge is 0.241 e. The summed E-state index contributed by atoms with van der Waals surface area (Å²) in [5.41, 5.74) is 6.87. The number of carbonyl (C=O) groups excluding carboxylic acids is 1. The van der Waals surface area contributed by atoms with Crippen LogP contribution in [0.4, 0.5) is 0 Å². The maximum absolute atomic E-state index is 12.2. The summed E-state index contributed by atoms with van der Waals surface area (Å²) in [7, 11) is 0. The van der Waals surface area contributed by atoms with E-state index in [1.165, 1.54) is 12.8 Å². The van der Waals surface area contributed by atoms with Gasteiger partial charge >= 0.3 is 0 Å². The number of piperidine rings is 1. The van der Waals surface area contributed by atoms with E-state index in [1.54, 1.807) is 0 Å². The van der Waals surface area contributed by atoms with E-state index in [0.29, 0.717) is 0 Å². The molecular weight excluding hydrogens is 262 g/mol. The molecule has 1 fully saturated rings. The Bertz CT molecular complexity index is 449. The van der Waals surface area contributed by atoms with Crippen molar-refractivity contribution in [3.63, 3.8) is 0 Å². The number of benzene rings is 1. The fraction of sp³-hybridized carbons (Fsp3) is 0.588. The molecule has 1 aromatic rings. The molecule has 116 valence electrons. The molecule has 1 heterocycles. The number of hydrogen-bond donors (Lipinski definition) is 2. The highest BCUT2D eigenvalue weighted by Gasteiger charge is 2.21. The summed E-state index contributed by atoms with van der Waals surface area (Å²) in [5.74, 6) is 0.659. The third kappa shape index (κ3) is 4.83. The number of nitrogens with two attached hydrogens (primary N) is 1. The number of rotatable bonds is 5. The van der Waals surface area contributed by atoms with Crippen molar-refractivity contribution in [2.75, 3.05) is 19.6 Å². The minimum Gasteiger partial charge on any atom is -0.351 e. The fourth-order valence-corrected chi connectivity index (χ4v) is 3.03. The van der Waals surface area contributed by atoms with Crippen LogP contribution in [0, 0.1) is 5.92 Å². The highest BCUT2D eigenvalue weighted by Crippen LogP contribution is 2.15. The van der Waals surface area contributed by atoms with Crippen LogP contribution < -0.4 is 11.1 Å². The highest BCUT2D eigenvalue weighted by molar-refractivity contribution is 5.83. The molecule has 0 aliphatic carbocycles. The van der Waals surface area contributed by atoms with Gasteiger partial charge in [-0.3, -0.25) is 4.79 Å². The minimum atomic E-state index is -0.589. The second-order valence-electron chi connectivity index (χ2n) is 6.30. The van der Waals surface area contributed by atoms with Crippen LogP contribution in [0.2, 0.25) is 0 Å². The average Bonchev–Trinajstić information content (AvgIpc) is 2.47. The number of nitrogens with one attached hydrogen (secondary N) is 1. The number of carbonyl (C=O) groups is 1. The Morgan fingerprint density at radius 2 is 2.14 bits per heavy atom. The van der Waals surface area contributed by atoms with Crippen LogP contribution in [-0.2, 0) is 4.79 Å². The van der Waals surface area contributed by atoms with Gasteiger partial charge in [0.05, 0.1) is 0 Å². The van der Waals surface area contributed by atoms with E-state index in [-0.39, 0.29) is 11.9 Å². The zero-order chi connectivity index (χ0) is 15.2. The predicted octanol–water partition coefficient (Wildman–Crippen LogP) is 1.92. The maximum Gasteiger partial charge on any atom is 0.241 e. The lowest BCUT2D eigenvalue weighted by molar-refractivity contribution is -0.123. The van der Waals surface area contributed by atoms with Crippen LogP contribution in [0.25, 0.3) is 0 Å². The van der Waals surface area contributed by atoms with Crippen LogP contribution >= 0.6 is 0 Å². The molecule has 0 aromatic heterocycles. The van der Waals surface area contributed by atoms with Crippen molar-refractivity contribution in [3.05, 3.63) is 35.9 Å². The Labute approximate surface area is 127 Å². The summed E-state index contributed by atoms with van der Waals surface area (Å²) >= 11 is 0. The lowest BCUT2D eigenvalue weighted by atomic mass is 10.00. The van der Waals surface area contributed by atoms with E-state index in [2.05, 4.69) is 24.1 Å². The largest absolute Gasteiger partial charge is 0.351 e. The van der Waals surface area contributed by atoms with E-state index in [0.717, 1.165) is 31.1 Å². The van der Waals surface area contributed by atoms with Crippen LogP contribution in [0.15, 0.2) is 30.3 Å². The molecule has 4 heteroatoms. The fourth-order valence-electron chi connectivity index (χ4n) is 3.03. The molecule has 4 nitrogen and oxygen atoms in total. The number of nitrogens with zero attached hydrogens (tertiary/aromatic N) is 1. The zero-order valence-electron chi connectivity index (χ0n) is 13.1. The van der Waals surface area contributed by atoms with E-state index in [4.69, 9.17) is 5.73 Å². The second kappa shape index (κ2) is 7.57. The Balaban J connectivity index is 1.81. The lowest BCUT2D eigenvalue weighted by Gasteiger charge is -2.33. The van der Waals surface area contributed by atoms with Crippen LogP contribution in [-0.4, -0.2) is 36.5 Å². The third-order valence-electron chi connectivity index (χ3n) is 4.10. The van der Waals surface area contributed by atoms with Gasteiger partial charge in [-0.05, 0) is 37.8 Å². The Morgan fingerprint density at radius 1 is 1.43 bits per heavy atom. The quantitative estimate of drug-likeness (QED) is 0.870. The SMILES string of the molecule is CC1CCCN(CC(C)NC(=O)C(N)c2ccccc2)C1. The van der Waals surface area contributed by atoms with Crippen molar-refractivity contribution in [3.8, 4) is 0 Å². The first kappa shape index (κ1) is 16.0. The van der Waals surface area contributed by atoms with E-state index in [9.17, 15) is 4.79 Å². The van der Waals surface area contributed by atoms with Gasteiger partial charge in [-0.25, -0.2) is 0 Å². The average molecular weight is 289 g/mol. The highest BCUT2D eigenvalue weighted by atomic mass is 16.2. The predicted molar refractivity (Wildman–Crippen MR) is 85.8 cm³/mol. The molecule has 1 aromatic carbocycles. The summed E-state index contributed by atoms with van der Waals surface area (Å²) < 4.78 is 0. The van der Waals surface area contributed by atoms with Gasteiger partial charge in [-0.15, -0.1) is 0 Å². The van der Waals surface area contributed by atoms with Gasteiger partial charge in [0.15, 0.2) is 0 Å². The van der Waals surface area contributed by atoms with E-state index < -0.39 is 6.04 Å². The molecule has 0 radical (unpaired) electrons. The molecular formula is C17H27N3O. The minimum absolute atomic E-state index is 0.0984. The molecule has 2 rings (SSSR count). The molecule has 3 unspecified atom stereocenters. The summed E-state index contributed by atoms with van der Waals surface area (Å²) in [6, 6.07) is 9.05. The number of hydrogen-bond acceptors (Lipinski definition) is 3. The summed E-state index contributed by atoms with van der Waals surface area (Å²) in [5, 5.41) is 3.03. The van der Waals surface area contributed by atoms with Gasteiger partial charge in [0.2, 0.25) is 5.91 Å². The van der Waals surface area contributed by atoms with Gasteiger partial charge in [0.25, 0.3) is 0 Å². The summed E-state index contributed by atoms with van der Waals surface area (Å²) in [6.07, 6.45) is 2.57. The molecule has 3 N–H and O–H groups in total. The number of likely N-dealkylation sites (tertiary alicyclic amines) is 1. The molecule has 0 bridgehead atoms. The monoisotopic (exact) mass is 289 g/mol. The van der Waals surface area contributed by atoms with Crippen molar-refractivity contribution in [2.24, 2.45) is 11.7 Å². The molecule has 1 saturated heterocycles. The molecule has 1 amide bonds. The molecule has 1 aliphatic heterocycles. The van der Waals surface area contributed by atoms with Crippen molar-refractivity contribution >= 4 is 5.91 Å². The lowest BCUT2D eigenvalue weighted by Crippen LogP contribution is -2.47. The third-order valence-corrected chi connectivity index (χ3v) is 4.10. The molecule has 3 atom stereocenters. The molecule has 1 aliphatic rings. The van der Waals surface area contributed by atoms with Gasteiger partial charge in [0, 0.05) is 19.1 Å². The Hall–Kier alpha value is -1.39. The summed E-state index contributed by atoms with van der Waals surface area (Å²) in [6.45, 7) is 7.51. The first-order valence-corrected chi connectivity index (χ1v) is 7.89. The van der Waals surface area contributed by atoms with Crippen molar-refractivity contribution in [1.29, 1.82) is 0 Å². The van der Waals surface area contributed by atoms with Crippen LogP contribution in [0.3, 0.4) is 0 Å². The molecule has 0 spiro atoms. The standard InChI is InChI=1S/C17H27N3O/c1-13-7-6-10-20(11-13)12-14(2)19-17(21)16(18)15-8-4-3-5-9-15/h3-5,8-9,13-14,16H,6-7,10-12,18H2,1-2H3,(H,19,21). The van der Waals surface area contributed by atoms with Crippen LogP contribution in [0.5, 0.6) is 0 Å². The maximum atomic E-state index is 12.2.